The molecule has 1 fully saturated rings. The van der Waals surface area contributed by atoms with Gasteiger partial charge in [-0.15, -0.1) is 11.3 Å². The summed E-state index contributed by atoms with van der Waals surface area (Å²) < 4.78 is 0. The van der Waals surface area contributed by atoms with E-state index in [-0.39, 0.29) is 23.0 Å². The molecule has 1 aliphatic rings. The van der Waals surface area contributed by atoms with Gasteiger partial charge in [-0.1, -0.05) is 29.6 Å². The van der Waals surface area contributed by atoms with E-state index in [4.69, 9.17) is 23.2 Å². The zero-order chi connectivity index (χ0) is 19.2. The minimum absolute atomic E-state index is 0.168. The van der Waals surface area contributed by atoms with Gasteiger partial charge in [-0.05, 0) is 44.1 Å². The minimum atomic E-state index is -0.434. The summed E-state index contributed by atoms with van der Waals surface area (Å²) in [4.78, 5) is 31.0. The maximum Gasteiger partial charge on any atom is 0.253 e. The molecule has 0 saturated carbocycles. The topological polar surface area (TPSA) is 74.3 Å². The van der Waals surface area contributed by atoms with Crippen molar-refractivity contribution < 1.29 is 9.59 Å². The first kappa shape index (κ1) is 20.1. The van der Waals surface area contributed by atoms with Crippen LogP contribution in [0.25, 0.3) is 0 Å². The van der Waals surface area contributed by atoms with Gasteiger partial charge >= 0.3 is 0 Å². The van der Waals surface area contributed by atoms with Crippen molar-refractivity contribution >= 4 is 51.5 Å². The van der Waals surface area contributed by atoms with Crippen molar-refractivity contribution in [1.82, 2.24) is 15.2 Å². The van der Waals surface area contributed by atoms with E-state index in [2.05, 4.69) is 20.5 Å². The van der Waals surface area contributed by atoms with Crippen molar-refractivity contribution in [2.24, 2.45) is 0 Å². The van der Waals surface area contributed by atoms with Gasteiger partial charge in [0.2, 0.25) is 5.91 Å². The number of likely N-dealkylation sites (tertiary alicyclic amines) is 1. The molecule has 0 spiro atoms. The van der Waals surface area contributed by atoms with Crippen LogP contribution in [0.4, 0.5) is 5.13 Å². The van der Waals surface area contributed by atoms with Crippen LogP contribution in [0.1, 0.15) is 35.3 Å². The Bertz CT molecular complexity index is 821. The number of hydrogen-bond acceptors (Lipinski definition) is 5. The second kappa shape index (κ2) is 9.50. The van der Waals surface area contributed by atoms with Gasteiger partial charge in [-0.25, -0.2) is 4.98 Å². The normalized spacial score (nSPS) is 14.7. The fourth-order valence-corrected chi connectivity index (χ4v) is 4.09. The predicted molar refractivity (Wildman–Crippen MR) is 109 cm³/mol. The summed E-state index contributed by atoms with van der Waals surface area (Å²) in [6.07, 6.45) is 3.75. The number of nitrogens with one attached hydrogen (secondary N) is 2. The maximum atomic E-state index is 12.1. The van der Waals surface area contributed by atoms with Crippen LogP contribution in [-0.4, -0.2) is 41.3 Å². The number of piperidine rings is 1. The summed E-state index contributed by atoms with van der Waals surface area (Å²) in [5, 5.41) is 8.42. The van der Waals surface area contributed by atoms with Crippen LogP contribution in [0.15, 0.2) is 23.6 Å². The summed E-state index contributed by atoms with van der Waals surface area (Å²) in [6, 6.07) is 4.57. The van der Waals surface area contributed by atoms with Crippen molar-refractivity contribution in [3.8, 4) is 0 Å². The number of carbonyl (C=O) groups is 2. The SMILES string of the molecule is O=C(CNC(=O)c1ccc(Cl)cc1Cl)Nc1nc(CN2CCCCC2)cs1. The van der Waals surface area contributed by atoms with Gasteiger partial charge < -0.3 is 10.6 Å². The zero-order valence-electron chi connectivity index (χ0n) is 14.6. The van der Waals surface area contributed by atoms with E-state index >= 15 is 0 Å². The van der Waals surface area contributed by atoms with Crippen LogP contribution < -0.4 is 10.6 Å². The molecule has 3 rings (SSSR count). The zero-order valence-corrected chi connectivity index (χ0v) is 17.0. The molecular weight excluding hydrogens is 407 g/mol. The monoisotopic (exact) mass is 426 g/mol. The molecule has 0 aliphatic carbocycles. The summed E-state index contributed by atoms with van der Waals surface area (Å²) in [5.41, 5.74) is 1.22. The first-order valence-electron chi connectivity index (χ1n) is 8.71. The smallest absolute Gasteiger partial charge is 0.253 e. The molecule has 0 radical (unpaired) electrons. The number of thiazole rings is 1. The van der Waals surface area contributed by atoms with Crippen molar-refractivity contribution in [1.29, 1.82) is 0 Å². The summed E-state index contributed by atoms with van der Waals surface area (Å²) in [7, 11) is 0. The number of amides is 2. The van der Waals surface area contributed by atoms with Crippen molar-refractivity contribution in [3.63, 3.8) is 0 Å². The third kappa shape index (κ3) is 5.90. The van der Waals surface area contributed by atoms with Gasteiger partial charge in [-0.2, -0.15) is 0 Å². The lowest BCUT2D eigenvalue weighted by atomic mass is 10.1. The van der Waals surface area contributed by atoms with Crippen LogP contribution in [0, 0.1) is 0 Å². The molecule has 1 aromatic heterocycles. The van der Waals surface area contributed by atoms with Crippen LogP contribution in [0.2, 0.25) is 10.0 Å². The van der Waals surface area contributed by atoms with E-state index in [0.29, 0.717) is 10.2 Å². The molecule has 2 heterocycles. The second-order valence-corrected chi connectivity index (χ2v) is 8.04. The van der Waals surface area contributed by atoms with E-state index in [0.717, 1.165) is 25.3 Å². The largest absolute Gasteiger partial charge is 0.343 e. The van der Waals surface area contributed by atoms with E-state index in [9.17, 15) is 9.59 Å². The highest BCUT2D eigenvalue weighted by Gasteiger charge is 2.15. The molecule has 0 bridgehead atoms. The summed E-state index contributed by atoms with van der Waals surface area (Å²) in [6.45, 7) is 2.83. The minimum Gasteiger partial charge on any atom is -0.343 e. The van der Waals surface area contributed by atoms with Crippen LogP contribution in [0.5, 0.6) is 0 Å². The number of nitrogens with zero attached hydrogens (tertiary/aromatic N) is 2. The fourth-order valence-electron chi connectivity index (χ4n) is 2.88. The number of carbonyl (C=O) groups excluding carboxylic acids is 2. The molecule has 0 atom stereocenters. The van der Waals surface area contributed by atoms with E-state index in [1.54, 1.807) is 6.07 Å². The quantitative estimate of drug-likeness (QED) is 0.736. The van der Waals surface area contributed by atoms with Gasteiger partial charge in [0.15, 0.2) is 5.13 Å². The van der Waals surface area contributed by atoms with Gasteiger partial charge in [0.1, 0.15) is 0 Å². The van der Waals surface area contributed by atoms with Crippen molar-refractivity contribution in [2.45, 2.75) is 25.8 Å². The number of hydrogen-bond donors (Lipinski definition) is 2. The van der Waals surface area contributed by atoms with Crippen LogP contribution in [0.3, 0.4) is 0 Å². The average Bonchev–Trinajstić information content (AvgIpc) is 3.07. The first-order valence-corrected chi connectivity index (χ1v) is 10.3. The lowest BCUT2D eigenvalue weighted by molar-refractivity contribution is -0.115. The molecule has 144 valence electrons. The second-order valence-electron chi connectivity index (χ2n) is 6.34. The molecule has 2 amide bonds. The Morgan fingerprint density at radius 1 is 1.19 bits per heavy atom. The fraction of sp³-hybridized carbons (Fsp3) is 0.389. The van der Waals surface area contributed by atoms with Crippen LogP contribution in [-0.2, 0) is 11.3 Å². The molecule has 1 saturated heterocycles. The van der Waals surface area contributed by atoms with Gasteiger partial charge in [0, 0.05) is 16.9 Å². The van der Waals surface area contributed by atoms with Crippen molar-refractivity contribution in [2.75, 3.05) is 25.0 Å². The number of rotatable bonds is 6. The highest BCUT2D eigenvalue weighted by molar-refractivity contribution is 7.13. The third-order valence-electron chi connectivity index (χ3n) is 4.22. The van der Waals surface area contributed by atoms with Gasteiger partial charge in [0.25, 0.3) is 5.91 Å². The lowest BCUT2D eigenvalue weighted by Crippen LogP contribution is -2.33. The van der Waals surface area contributed by atoms with E-state index in [1.165, 1.54) is 42.7 Å². The molecule has 6 nitrogen and oxygen atoms in total. The standard InChI is InChI=1S/C18H20Cl2N4O2S/c19-12-4-5-14(15(20)8-12)17(26)21-9-16(25)23-18-22-13(11-27-18)10-24-6-2-1-3-7-24/h4-5,8,11H,1-3,6-7,9-10H2,(H,21,26)(H,22,23,25). The van der Waals surface area contributed by atoms with Gasteiger partial charge in [-0.3, -0.25) is 14.5 Å². The molecule has 2 aromatic rings. The lowest BCUT2D eigenvalue weighted by Gasteiger charge is -2.25. The Morgan fingerprint density at radius 2 is 1.96 bits per heavy atom. The number of aromatic nitrogens is 1. The molecule has 1 aromatic carbocycles. The Morgan fingerprint density at radius 3 is 2.70 bits per heavy atom. The first-order chi connectivity index (χ1) is 13.0. The summed E-state index contributed by atoms with van der Waals surface area (Å²) >= 11 is 13.2. The third-order valence-corrected chi connectivity index (χ3v) is 5.57. The summed E-state index contributed by atoms with van der Waals surface area (Å²) in [5.74, 6) is -0.774. The molecule has 27 heavy (non-hydrogen) atoms. The Balaban J connectivity index is 1.47. The number of benzene rings is 1. The molecule has 2 N–H and O–H groups in total. The molecule has 9 heteroatoms. The molecule has 0 unspecified atom stereocenters. The maximum absolute atomic E-state index is 12.1. The van der Waals surface area contributed by atoms with E-state index in [1.807, 2.05) is 5.38 Å². The molecular formula is C18H20Cl2N4O2S. The Labute approximate surface area is 171 Å². The average molecular weight is 427 g/mol. The van der Waals surface area contributed by atoms with E-state index < -0.39 is 5.91 Å². The van der Waals surface area contributed by atoms with Crippen molar-refractivity contribution in [3.05, 3.63) is 44.9 Å². The highest BCUT2D eigenvalue weighted by atomic mass is 35.5. The number of halogens is 2. The van der Waals surface area contributed by atoms with Crippen LogP contribution >= 0.6 is 34.5 Å². The Kier molecular flexibility index (Phi) is 7.07. The number of anilines is 1. The molecule has 1 aliphatic heterocycles. The Hall–Kier alpha value is -1.67. The van der Waals surface area contributed by atoms with Gasteiger partial charge in [0.05, 0.1) is 22.8 Å². The predicted octanol–water partition coefficient (Wildman–Crippen LogP) is 3.80. The highest BCUT2D eigenvalue weighted by Crippen LogP contribution is 2.21.